The summed E-state index contributed by atoms with van der Waals surface area (Å²) >= 11 is 0. The van der Waals surface area contributed by atoms with Crippen molar-refractivity contribution in [1.82, 2.24) is 35.3 Å². The predicted octanol–water partition coefficient (Wildman–Crippen LogP) is 3.39. The number of carbonyl (C=O) groups is 1. The largest absolute Gasteiger partial charge is 0.446 e. The maximum atomic E-state index is 12.1. The van der Waals surface area contributed by atoms with Gasteiger partial charge in [0.2, 0.25) is 0 Å². The van der Waals surface area contributed by atoms with E-state index in [1.54, 1.807) is 31.0 Å². The number of aromatic amines is 1. The average molecular weight is 432 g/mol. The van der Waals surface area contributed by atoms with Gasteiger partial charge in [-0.15, -0.1) is 0 Å². The number of aryl methyl sites for hydroxylation is 1. The van der Waals surface area contributed by atoms with Crippen LogP contribution in [0, 0.1) is 0 Å². The van der Waals surface area contributed by atoms with Gasteiger partial charge in [0, 0.05) is 55.2 Å². The highest BCUT2D eigenvalue weighted by Gasteiger charge is 2.30. The first kappa shape index (κ1) is 20.0. The van der Waals surface area contributed by atoms with E-state index in [1.165, 1.54) is 0 Å². The van der Waals surface area contributed by atoms with Gasteiger partial charge in [-0.1, -0.05) is 6.07 Å². The Bertz CT molecular complexity index is 1220. The second-order valence-corrected chi connectivity index (χ2v) is 7.98. The molecule has 1 aliphatic rings. The summed E-state index contributed by atoms with van der Waals surface area (Å²) in [6.45, 7) is 0.399. The lowest BCUT2D eigenvalue weighted by molar-refractivity contribution is 0.0996. The number of carbonyl (C=O) groups excluding carboxylic acids is 1. The number of nitrogens with zero attached hydrogens (tertiary/aromatic N) is 5. The number of amides is 1. The topological polar surface area (TPSA) is 123 Å². The molecule has 4 aromatic rings. The Labute approximate surface area is 184 Å². The Morgan fingerprint density at radius 3 is 3.06 bits per heavy atom. The Kier molecular flexibility index (Phi) is 5.40. The second-order valence-electron chi connectivity index (χ2n) is 7.98. The lowest BCUT2D eigenvalue weighted by Gasteiger charge is -2.13. The number of anilines is 2. The van der Waals surface area contributed by atoms with E-state index in [9.17, 15) is 4.79 Å². The molecule has 1 fully saturated rings. The van der Waals surface area contributed by atoms with E-state index in [0.29, 0.717) is 12.4 Å². The van der Waals surface area contributed by atoms with Gasteiger partial charge in [0.05, 0.1) is 23.6 Å². The summed E-state index contributed by atoms with van der Waals surface area (Å²) in [7, 11) is 1.90. The van der Waals surface area contributed by atoms with Crippen molar-refractivity contribution in [3.63, 3.8) is 0 Å². The van der Waals surface area contributed by atoms with Crippen molar-refractivity contribution < 1.29 is 9.53 Å². The van der Waals surface area contributed by atoms with Crippen molar-refractivity contribution >= 4 is 28.5 Å². The fourth-order valence-electron chi connectivity index (χ4n) is 4.17. The Balaban J connectivity index is 1.16. The van der Waals surface area contributed by atoms with Crippen molar-refractivity contribution in [2.24, 2.45) is 7.05 Å². The maximum Gasteiger partial charge on any atom is 0.407 e. The Morgan fingerprint density at radius 1 is 1.25 bits per heavy atom. The van der Waals surface area contributed by atoms with Gasteiger partial charge in [0.15, 0.2) is 5.82 Å². The van der Waals surface area contributed by atoms with Crippen LogP contribution in [-0.2, 0) is 18.3 Å². The van der Waals surface area contributed by atoms with E-state index >= 15 is 0 Å². The van der Waals surface area contributed by atoms with E-state index in [0.717, 1.165) is 47.1 Å². The number of alkyl carbamates (subject to hydrolysis) is 1. The number of ether oxygens (including phenoxy) is 1. The van der Waals surface area contributed by atoms with Crippen LogP contribution in [0.2, 0.25) is 0 Å². The third-order valence-electron chi connectivity index (χ3n) is 5.76. The van der Waals surface area contributed by atoms with Crippen LogP contribution in [0.5, 0.6) is 0 Å². The molecule has 2 unspecified atom stereocenters. The van der Waals surface area contributed by atoms with Crippen LogP contribution in [0.25, 0.3) is 10.9 Å². The molecule has 10 heteroatoms. The normalized spacial score (nSPS) is 18.0. The molecule has 164 valence electrons. The molecule has 0 saturated heterocycles. The summed E-state index contributed by atoms with van der Waals surface area (Å²) < 4.78 is 7.41. The Hall–Kier alpha value is -3.95. The molecular weight excluding hydrogens is 408 g/mol. The minimum absolute atomic E-state index is 0.110. The smallest absolute Gasteiger partial charge is 0.407 e. The fourth-order valence-corrected chi connectivity index (χ4v) is 4.17. The first-order valence-electron chi connectivity index (χ1n) is 10.6. The highest BCUT2D eigenvalue weighted by molar-refractivity contribution is 5.90. The Morgan fingerprint density at radius 2 is 2.19 bits per heavy atom. The molecule has 1 aliphatic carbocycles. The zero-order chi connectivity index (χ0) is 21.9. The SMILES string of the molecule is Cn1ncc2cncc(Nc3cc(C4CCC(OC(=O)NCc5cccnc5)C4)[nH]n3)c21. The highest BCUT2D eigenvalue weighted by atomic mass is 16.6. The molecule has 2 atom stereocenters. The third kappa shape index (κ3) is 4.25. The van der Waals surface area contributed by atoms with Gasteiger partial charge in [-0.2, -0.15) is 10.2 Å². The predicted molar refractivity (Wildman–Crippen MR) is 118 cm³/mol. The summed E-state index contributed by atoms with van der Waals surface area (Å²) in [4.78, 5) is 20.4. The molecule has 5 rings (SSSR count). The van der Waals surface area contributed by atoms with E-state index in [4.69, 9.17) is 4.74 Å². The number of fused-ring (bicyclic) bond motifs is 1. The van der Waals surface area contributed by atoms with Gasteiger partial charge in [0.25, 0.3) is 0 Å². The van der Waals surface area contributed by atoms with Crippen molar-refractivity contribution in [2.75, 3.05) is 5.32 Å². The number of hydrogen-bond donors (Lipinski definition) is 3. The standard InChI is InChI=1S/C22H24N8O2/c1-30-21-16(12-26-30)11-24-13-19(21)27-20-8-18(28-29-20)15-4-5-17(7-15)32-22(31)25-10-14-3-2-6-23-9-14/h2-3,6,8-9,11-13,15,17H,4-5,7,10H2,1H3,(H,25,31)(H2,27,28,29). The van der Waals surface area contributed by atoms with Crippen LogP contribution in [-0.4, -0.2) is 42.1 Å². The number of rotatable bonds is 6. The molecule has 10 nitrogen and oxygen atoms in total. The molecule has 0 radical (unpaired) electrons. The van der Waals surface area contributed by atoms with Gasteiger partial charge in [-0.05, 0) is 30.9 Å². The summed E-state index contributed by atoms with van der Waals surface area (Å²) in [5.74, 6) is 0.980. The molecule has 0 spiro atoms. The van der Waals surface area contributed by atoms with Crippen molar-refractivity contribution in [3.05, 3.63) is 60.4 Å². The number of aromatic nitrogens is 6. The van der Waals surface area contributed by atoms with Crippen LogP contribution >= 0.6 is 0 Å². The van der Waals surface area contributed by atoms with Gasteiger partial charge in [-0.3, -0.25) is 19.7 Å². The summed E-state index contributed by atoms with van der Waals surface area (Å²) in [5, 5.41) is 18.9. The van der Waals surface area contributed by atoms with Gasteiger partial charge in [0.1, 0.15) is 6.10 Å². The van der Waals surface area contributed by atoms with Crippen LogP contribution in [0.1, 0.15) is 36.4 Å². The highest BCUT2D eigenvalue weighted by Crippen LogP contribution is 2.36. The maximum absolute atomic E-state index is 12.1. The second kappa shape index (κ2) is 8.66. The monoisotopic (exact) mass is 432 g/mol. The summed E-state index contributed by atoms with van der Waals surface area (Å²) in [6.07, 6.45) is 10.8. The van der Waals surface area contributed by atoms with Gasteiger partial charge in [-0.25, -0.2) is 4.79 Å². The molecule has 1 saturated carbocycles. The van der Waals surface area contributed by atoms with Crippen molar-refractivity contribution in [1.29, 1.82) is 0 Å². The summed E-state index contributed by atoms with van der Waals surface area (Å²) in [6, 6.07) is 5.75. The van der Waals surface area contributed by atoms with Crippen molar-refractivity contribution in [2.45, 2.75) is 37.8 Å². The van der Waals surface area contributed by atoms with Gasteiger partial charge < -0.3 is 15.4 Å². The molecule has 0 aliphatic heterocycles. The van der Waals surface area contributed by atoms with Crippen LogP contribution < -0.4 is 10.6 Å². The van der Waals surface area contributed by atoms with Crippen molar-refractivity contribution in [3.8, 4) is 0 Å². The van der Waals surface area contributed by atoms with Gasteiger partial charge >= 0.3 is 6.09 Å². The minimum atomic E-state index is -0.400. The molecular formula is C22H24N8O2. The zero-order valence-corrected chi connectivity index (χ0v) is 17.7. The number of H-pyrrole nitrogens is 1. The van der Waals surface area contributed by atoms with Crippen LogP contribution in [0.3, 0.4) is 0 Å². The first-order chi connectivity index (χ1) is 15.7. The minimum Gasteiger partial charge on any atom is -0.446 e. The molecule has 4 aromatic heterocycles. The van der Waals surface area contributed by atoms with E-state index in [1.807, 2.05) is 29.9 Å². The number of hydrogen-bond acceptors (Lipinski definition) is 7. The molecule has 0 bridgehead atoms. The molecule has 3 N–H and O–H groups in total. The molecule has 32 heavy (non-hydrogen) atoms. The quantitative estimate of drug-likeness (QED) is 0.427. The molecule has 1 amide bonds. The summed E-state index contributed by atoms with van der Waals surface area (Å²) in [5.41, 5.74) is 3.78. The lowest BCUT2D eigenvalue weighted by atomic mass is 10.0. The third-order valence-corrected chi connectivity index (χ3v) is 5.76. The van der Waals surface area contributed by atoms with E-state index < -0.39 is 6.09 Å². The molecule has 4 heterocycles. The lowest BCUT2D eigenvalue weighted by Crippen LogP contribution is -2.27. The fraction of sp³-hybridized carbons (Fsp3) is 0.318. The number of pyridine rings is 2. The van der Waals surface area contributed by atoms with Crippen LogP contribution in [0.15, 0.2) is 49.2 Å². The van der Waals surface area contributed by atoms with Crippen LogP contribution in [0.4, 0.5) is 16.3 Å². The average Bonchev–Trinajstić information content (AvgIpc) is 3.54. The molecule has 0 aromatic carbocycles. The van der Waals surface area contributed by atoms with E-state index in [2.05, 4.69) is 35.9 Å². The first-order valence-corrected chi connectivity index (χ1v) is 10.6. The number of nitrogens with one attached hydrogen (secondary N) is 3. The van der Waals surface area contributed by atoms with E-state index in [-0.39, 0.29) is 12.0 Å². The zero-order valence-electron chi connectivity index (χ0n) is 17.7.